The van der Waals surface area contributed by atoms with Gasteiger partial charge in [0.2, 0.25) is 5.91 Å². The number of hydrogen-bond acceptors (Lipinski definition) is 9. The van der Waals surface area contributed by atoms with Crippen LogP contribution in [0.3, 0.4) is 0 Å². The van der Waals surface area contributed by atoms with E-state index in [9.17, 15) is 28.3 Å². The second-order valence-electron chi connectivity index (χ2n) is 7.90. The monoisotopic (exact) mass is 561 g/mol. The molecule has 1 fully saturated rings. The topological polar surface area (TPSA) is 119 Å². The lowest BCUT2D eigenvalue weighted by Crippen LogP contribution is -2.56. The molecule has 0 saturated carbocycles. The molecule has 208 valence electrons. The summed E-state index contributed by atoms with van der Waals surface area (Å²) in [4.78, 5) is 38.6. The third-order valence-corrected chi connectivity index (χ3v) is 5.49. The molecule has 1 aromatic heterocycles. The van der Waals surface area contributed by atoms with E-state index in [1.165, 1.54) is 27.9 Å². The van der Waals surface area contributed by atoms with E-state index in [1.54, 1.807) is 36.2 Å². The van der Waals surface area contributed by atoms with Gasteiger partial charge in [-0.25, -0.2) is 8.78 Å². The molecule has 1 saturated heterocycles. The third kappa shape index (κ3) is 9.54. The molecule has 39 heavy (non-hydrogen) atoms. The fraction of sp³-hybridized carbons (Fsp3) is 0.231. The maximum atomic E-state index is 13.5. The minimum absolute atomic E-state index is 0.00699. The van der Waals surface area contributed by atoms with Gasteiger partial charge in [-0.2, -0.15) is 5.01 Å². The van der Waals surface area contributed by atoms with Gasteiger partial charge in [0.05, 0.1) is 25.2 Å². The summed E-state index contributed by atoms with van der Waals surface area (Å²) in [6, 6.07) is 1.68. The average molecular weight is 562 g/mol. The van der Waals surface area contributed by atoms with Crippen LogP contribution in [0.5, 0.6) is 0 Å². The van der Waals surface area contributed by atoms with Crippen molar-refractivity contribution in [2.45, 2.75) is 13.5 Å². The molecule has 1 aliphatic rings. The summed E-state index contributed by atoms with van der Waals surface area (Å²) in [7, 11) is 0. The SMILES string of the molecule is C=C(F)/C(=C\C=C\F)CNC(=O)/C=C/N1/C(=C(/O)C=O)C(=O)N(C/C=C/C=C\SC)CN1Cc1cc(C)on1. The van der Waals surface area contributed by atoms with Crippen molar-refractivity contribution in [1.82, 2.24) is 25.4 Å². The highest BCUT2D eigenvalue weighted by Crippen LogP contribution is 2.24. The first-order valence-corrected chi connectivity index (χ1v) is 12.8. The van der Waals surface area contributed by atoms with Crippen LogP contribution in [0.1, 0.15) is 11.5 Å². The number of aliphatic hydroxyl groups is 1. The lowest BCUT2D eigenvalue weighted by atomic mass is 10.2. The van der Waals surface area contributed by atoms with Crippen LogP contribution in [0.15, 0.2) is 94.4 Å². The minimum Gasteiger partial charge on any atom is -0.503 e. The maximum Gasteiger partial charge on any atom is 0.277 e. The Kier molecular flexibility index (Phi) is 12.6. The Hall–Kier alpha value is -4.23. The molecule has 2 rings (SSSR count). The Labute approximate surface area is 228 Å². The Morgan fingerprint density at radius 1 is 1.36 bits per heavy atom. The van der Waals surface area contributed by atoms with Gasteiger partial charge in [-0.15, -0.1) is 11.8 Å². The van der Waals surface area contributed by atoms with Crippen molar-refractivity contribution in [1.29, 1.82) is 0 Å². The summed E-state index contributed by atoms with van der Waals surface area (Å²) in [5.41, 5.74) is 0.0432. The number of carbonyl (C=O) groups is 3. The summed E-state index contributed by atoms with van der Waals surface area (Å²) in [5, 5.41) is 21.3. The molecule has 10 nitrogen and oxygen atoms in total. The van der Waals surface area contributed by atoms with Crippen LogP contribution in [0.25, 0.3) is 0 Å². The Balaban J connectivity index is 2.36. The van der Waals surface area contributed by atoms with Gasteiger partial charge in [0.15, 0.2) is 17.7 Å². The number of aliphatic hydroxyl groups excluding tert-OH is 1. The number of thioether (sulfide) groups is 1. The van der Waals surface area contributed by atoms with E-state index < -0.39 is 23.4 Å². The molecule has 2 amide bonds. The van der Waals surface area contributed by atoms with Crippen LogP contribution in [0, 0.1) is 6.92 Å². The number of aromatic nitrogens is 1. The first kappa shape index (κ1) is 31.0. The van der Waals surface area contributed by atoms with Gasteiger partial charge in [0.25, 0.3) is 5.91 Å². The van der Waals surface area contributed by atoms with E-state index in [1.807, 2.05) is 11.7 Å². The van der Waals surface area contributed by atoms with Gasteiger partial charge >= 0.3 is 0 Å². The number of allylic oxidation sites excluding steroid dienone is 5. The maximum absolute atomic E-state index is 13.5. The number of aryl methyl sites for hydroxylation is 1. The molecular weight excluding hydrogens is 532 g/mol. The van der Waals surface area contributed by atoms with E-state index >= 15 is 0 Å². The molecule has 2 N–H and O–H groups in total. The predicted octanol–water partition coefficient (Wildman–Crippen LogP) is 3.73. The lowest BCUT2D eigenvalue weighted by molar-refractivity contribution is -0.146. The lowest BCUT2D eigenvalue weighted by Gasteiger charge is -2.43. The van der Waals surface area contributed by atoms with E-state index in [4.69, 9.17) is 4.52 Å². The van der Waals surface area contributed by atoms with Crippen LogP contribution in [-0.4, -0.2) is 69.3 Å². The Morgan fingerprint density at radius 2 is 2.13 bits per heavy atom. The van der Waals surface area contributed by atoms with Crippen molar-refractivity contribution in [2.24, 2.45) is 0 Å². The number of nitrogens with one attached hydrogen (secondary N) is 1. The largest absolute Gasteiger partial charge is 0.503 e. The van der Waals surface area contributed by atoms with Crippen LogP contribution in [0.4, 0.5) is 8.78 Å². The number of aldehydes is 1. The third-order valence-electron chi connectivity index (χ3n) is 5.06. The summed E-state index contributed by atoms with van der Waals surface area (Å²) in [5.74, 6) is -2.52. The molecule has 0 bridgehead atoms. The number of rotatable bonds is 13. The molecule has 0 radical (unpaired) electrons. The van der Waals surface area contributed by atoms with E-state index in [-0.39, 0.29) is 50.2 Å². The smallest absolute Gasteiger partial charge is 0.277 e. The minimum atomic E-state index is -0.854. The van der Waals surface area contributed by atoms with Crippen LogP contribution in [-0.2, 0) is 20.9 Å². The highest BCUT2D eigenvalue weighted by molar-refractivity contribution is 8.01. The molecular formula is C26H29F2N5O5S. The van der Waals surface area contributed by atoms with Crippen LogP contribution in [0.2, 0.25) is 0 Å². The summed E-state index contributed by atoms with van der Waals surface area (Å²) in [6.45, 7) is 4.81. The summed E-state index contributed by atoms with van der Waals surface area (Å²) < 4.78 is 30.9. The number of hydrogen-bond donors (Lipinski definition) is 2. The van der Waals surface area contributed by atoms with Crippen molar-refractivity contribution >= 4 is 29.9 Å². The first-order chi connectivity index (χ1) is 18.7. The zero-order valence-electron chi connectivity index (χ0n) is 21.4. The quantitative estimate of drug-likeness (QED) is 0.161. The molecule has 0 aliphatic carbocycles. The van der Waals surface area contributed by atoms with Crippen molar-refractivity contribution in [2.75, 3.05) is 26.0 Å². The number of halogens is 2. The summed E-state index contributed by atoms with van der Waals surface area (Å²) >= 11 is 1.51. The van der Waals surface area contributed by atoms with E-state index in [0.717, 1.165) is 18.2 Å². The number of nitrogens with zero attached hydrogens (tertiary/aromatic N) is 4. The molecule has 1 aliphatic heterocycles. The van der Waals surface area contributed by atoms with Crippen molar-refractivity contribution in [3.63, 3.8) is 0 Å². The van der Waals surface area contributed by atoms with Gasteiger partial charge < -0.3 is 19.8 Å². The zero-order chi connectivity index (χ0) is 28.8. The number of hydrazine groups is 1. The van der Waals surface area contributed by atoms with Crippen molar-refractivity contribution in [3.8, 4) is 0 Å². The molecule has 0 spiro atoms. The highest BCUT2D eigenvalue weighted by Gasteiger charge is 2.36. The van der Waals surface area contributed by atoms with Gasteiger partial charge in [-0.1, -0.05) is 36.0 Å². The molecule has 0 aromatic carbocycles. The predicted molar refractivity (Wildman–Crippen MR) is 143 cm³/mol. The molecule has 0 unspecified atom stereocenters. The Morgan fingerprint density at radius 3 is 2.74 bits per heavy atom. The fourth-order valence-corrected chi connectivity index (χ4v) is 3.53. The van der Waals surface area contributed by atoms with Crippen LogP contribution < -0.4 is 5.32 Å². The van der Waals surface area contributed by atoms with Gasteiger partial charge in [-0.3, -0.25) is 19.4 Å². The average Bonchev–Trinajstić information content (AvgIpc) is 3.32. The normalized spacial score (nSPS) is 16.8. The standard InChI is InChI=1S/C26H29F2N5O5S/c1-19-14-22(30-38-19)16-32-18-31(11-5-4-6-13-39-3)26(37)25(23(35)17-34)33(32)12-9-24(36)29-15-21(20(2)28)8-7-10-27/h4-10,12-14,17,35H,2,11,15-16,18H2,1,3H3,(H,29,36)/b5-4+,10-7+,12-9+,13-6-,21-8-,25-23+. The Bertz CT molecular complexity index is 1230. The van der Waals surface area contributed by atoms with Crippen molar-refractivity contribution in [3.05, 3.63) is 101 Å². The van der Waals surface area contributed by atoms with E-state index in [2.05, 4.69) is 17.1 Å². The molecule has 2 heterocycles. The fourth-order valence-electron chi connectivity index (χ4n) is 3.28. The van der Waals surface area contributed by atoms with E-state index in [0.29, 0.717) is 11.5 Å². The highest BCUT2D eigenvalue weighted by atomic mass is 32.2. The van der Waals surface area contributed by atoms with Gasteiger partial charge in [-0.05, 0) is 24.7 Å². The number of amides is 2. The van der Waals surface area contributed by atoms with Gasteiger partial charge in [0.1, 0.15) is 11.6 Å². The molecule has 1 aromatic rings. The molecule has 0 atom stereocenters. The first-order valence-electron chi connectivity index (χ1n) is 11.5. The molecule has 13 heteroatoms. The zero-order valence-corrected chi connectivity index (χ0v) is 22.2. The second-order valence-corrected chi connectivity index (χ2v) is 8.64. The van der Waals surface area contributed by atoms with Gasteiger partial charge in [0, 0.05) is 37.0 Å². The number of carbonyl (C=O) groups excluding carboxylic acids is 3. The van der Waals surface area contributed by atoms with Crippen molar-refractivity contribution < 1.29 is 32.8 Å². The second kappa shape index (κ2) is 15.9. The van der Waals surface area contributed by atoms with Crippen LogP contribution >= 0.6 is 11.8 Å². The summed E-state index contributed by atoms with van der Waals surface area (Å²) in [6.07, 6.45) is 11.8.